The molecule has 0 aromatic heterocycles. The molecule has 0 radical (unpaired) electrons. The minimum Gasteiger partial charge on any atom is -0.493 e. The first-order valence-corrected chi connectivity index (χ1v) is 7.59. The van der Waals surface area contributed by atoms with Crippen LogP contribution in [0.3, 0.4) is 0 Å². The standard InChI is InChI=1S/C15H23N3O4S/c1-6-22-13-11(20-4)7-10(8-12(13)21-5)14(19)17-18-15(23)16-9(2)3/h7-9H,6H2,1-5H3,(H,17,19)(H2,16,18,23). The van der Waals surface area contributed by atoms with Gasteiger partial charge in [0.15, 0.2) is 16.6 Å². The van der Waals surface area contributed by atoms with Crippen molar-refractivity contribution in [3.05, 3.63) is 17.7 Å². The van der Waals surface area contributed by atoms with Crippen LogP contribution in [0, 0.1) is 0 Å². The normalized spacial score (nSPS) is 10.0. The summed E-state index contributed by atoms with van der Waals surface area (Å²) in [7, 11) is 3.00. The van der Waals surface area contributed by atoms with Crippen LogP contribution in [-0.2, 0) is 0 Å². The number of carbonyl (C=O) groups is 1. The van der Waals surface area contributed by atoms with Crippen LogP contribution < -0.4 is 30.4 Å². The number of ether oxygens (including phenoxy) is 3. The number of carbonyl (C=O) groups excluding carboxylic acids is 1. The van der Waals surface area contributed by atoms with E-state index in [-0.39, 0.29) is 11.9 Å². The molecule has 0 aliphatic carbocycles. The van der Waals surface area contributed by atoms with Gasteiger partial charge in [-0.2, -0.15) is 0 Å². The Morgan fingerprint density at radius 3 is 2.17 bits per heavy atom. The zero-order chi connectivity index (χ0) is 17.4. The van der Waals surface area contributed by atoms with Crippen LogP contribution in [-0.4, -0.2) is 37.9 Å². The van der Waals surface area contributed by atoms with Crippen molar-refractivity contribution in [2.24, 2.45) is 0 Å². The lowest BCUT2D eigenvalue weighted by atomic mass is 10.1. The van der Waals surface area contributed by atoms with Crippen LogP contribution >= 0.6 is 12.2 Å². The molecule has 0 saturated carbocycles. The van der Waals surface area contributed by atoms with Gasteiger partial charge in [-0.1, -0.05) is 0 Å². The molecule has 7 nitrogen and oxygen atoms in total. The fourth-order valence-corrected chi connectivity index (χ4v) is 2.07. The van der Waals surface area contributed by atoms with Crippen molar-refractivity contribution in [1.29, 1.82) is 0 Å². The van der Waals surface area contributed by atoms with Crippen molar-refractivity contribution in [3.63, 3.8) is 0 Å². The third-order valence-corrected chi connectivity index (χ3v) is 2.94. The molecular formula is C15H23N3O4S. The van der Waals surface area contributed by atoms with Gasteiger partial charge in [-0.15, -0.1) is 0 Å². The zero-order valence-electron chi connectivity index (χ0n) is 14.0. The Labute approximate surface area is 141 Å². The van der Waals surface area contributed by atoms with Gasteiger partial charge < -0.3 is 19.5 Å². The minimum absolute atomic E-state index is 0.164. The van der Waals surface area contributed by atoms with Crippen molar-refractivity contribution < 1.29 is 19.0 Å². The van der Waals surface area contributed by atoms with E-state index in [1.807, 2.05) is 20.8 Å². The molecular weight excluding hydrogens is 318 g/mol. The van der Waals surface area contributed by atoms with Crippen molar-refractivity contribution in [3.8, 4) is 17.2 Å². The number of amides is 1. The first-order valence-electron chi connectivity index (χ1n) is 7.18. The lowest BCUT2D eigenvalue weighted by Gasteiger charge is -2.16. The van der Waals surface area contributed by atoms with Crippen LogP contribution in [0.25, 0.3) is 0 Å². The predicted molar refractivity (Wildman–Crippen MR) is 92.2 cm³/mol. The highest BCUT2D eigenvalue weighted by Crippen LogP contribution is 2.38. The van der Waals surface area contributed by atoms with Gasteiger partial charge in [0.1, 0.15) is 0 Å². The molecule has 0 saturated heterocycles. The molecule has 0 heterocycles. The highest BCUT2D eigenvalue weighted by Gasteiger charge is 2.17. The van der Waals surface area contributed by atoms with Crippen LogP contribution in [0.15, 0.2) is 12.1 Å². The first kappa shape index (κ1) is 18.8. The van der Waals surface area contributed by atoms with Crippen molar-refractivity contribution >= 4 is 23.2 Å². The van der Waals surface area contributed by atoms with Crippen LogP contribution in [0.4, 0.5) is 0 Å². The van der Waals surface area contributed by atoms with E-state index in [0.29, 0.717) is 34.5 Å². The Balaban J connectivity index is 2.90. The predicted octanol–water partition coefficient (Wildman–Crippen LogP) is 1.62. The van der Waals surface area contributed by atoms with E-state index in [1.54, 1.807) is 12.1 Å². The number of thiocarbonyl (C=S) groups is 1. The molecule has 0 atom stereocenters. The smallest absolute Gasteiger partial charge is 0.269 e. The molecule has 0 aliphatic rings. The topological polar surface area (TPSA) is 80.9 Å². The highest BCUT2D eigenvalue weighted by atomic mass is 32.1. The summed E-state index contributed by atoms with van der Waals surface area (Å²) in [6, 6.07) is 3.31. The molecule has 1 aromatic carbocycles. The monoisotopic (exact) mass is 341 g/mol. The molecule has 8 heteroatoms. The largest absolute Gasteiger partial charge is 0.493 e. The summed E-state index contributed by atoms with van der Waals surface area (Å²) in [4.78, 5) is 12.2. The van der Waals surface area contributed by atoms with Gasteiger partial charge in [-0.3, -0.25) is 15.6 Å². The quantitative estimate of drug-likeness (QED) is 0.536. The fourth-order valence-electron chi connectivity index (χ4n) is 1.78. The van der Waals surface area contributed by atoms with E-state index in [4.69, 9.17) is 26.4 Å². The molecule has 0 fully saturated rings. The molecule has 3 N–H and O–H groups in total. The number of nitrogens with one attached hydrogen (secondary N) is 3. The van der Waals surface area contributed by atoms with Gasteiger partial charge >= 0.3 is 0 Å². The summed E-state index contributed by atoms with van der Waals surface area (Å²) in [5.74, 6) is 0.912. The Morgan fingerprint density at radius 1 is 1.17 bits per heavy atom. The summed E-state index contributed by atoms with van der Waals surface area (Å²) in [5.41, 5.74) is 5.50. The Kier molecular flexibility index (Phi) is 7.40. The highest BCUT2D eigenvalue weighted by molar-refractivity contribution is 7.80. The third-order valence-electron chi connectivity index (χ3n) is 2.72. The van der Waals surface area contributed by atoms with E-state index in [1.165, 1.54) is 14.2 Å². The molecule has 1 amide bonds. The fraction of sp³-hybridized carbons (Fsp3) is 0.467. The van der Waals surface area contributed by atoms with Crippen molar-refractivity contribution in [1.82, 2.24) is 16.2 Å². The van der Waals surface area contributed by atoms with E-state index >= 15 is 0 Å². The van der Waals surface area contributed by atoms with Crippen LogP contribution in [0.1, 0.15) is 31.1 Å². The van der Waals surface area contributed by atoms with Gasteiger partial charge in [-0.25, -0.2) is 0 Å². The van der Waals surface area contributed by atoms with E-state index in [2.05, 4.69) is 16.2 Å². The summed E-state index contributed by atoms with van der Waals surface area (Å²) in [5, 5.41) is 3.29. The summed E-state index contributed by atoms with van der Waals surface area (Å²) in [6.45, 7) is 6.19. The molecule has 0 bridgehead atoms. The van der Waals surface area contributed by atoms with Gasteiger partial charge in [0.25, 0.3) is 5.91 Å². The first-order chi connectivity index (χ1) is 10.9. The average Bonchev–Trinajstić information content (AvgIpc) is 2.52. The van der Waals surface area contributed by atoms with E-state index in [9.17, 15) is 4.79 Å². The molecule has 1 aromatic rings. The van der Waals surface area contributed by atoms with Crippen molar-refractivity contribution in [2.45, 2.75) is 26.8 Å². The maximum absolute atomic E-state index is 12.2. The maximum Gasteiger partial charge on any atom is 0.269 e. The van der Waals surface area contributed by atoms with Gasteiger partial charge in [-0.05, 0) is 45.1 Å². The zero-order valence-corrected chi connectivity index (χ0v) is 14.8. The average molecular weight is 341 g/mol. The van der Waals surface area contributed by atoms with Gasteiger partial charge in [0, 0.05) is 11.6 Å². The number of benzene rings is 1. The van der Waals surface area contributed by atoms with Crippen molar-refractivity contribution in [2.75, 3.05) is 20.8 Å². The Hall–Kier alpha value is -2.22. The molecule has 128 valence electrons. The lowest BCUT2D eigenvalue weighted by molar-refractivity contribution is 0.0942. The lowest BCUT2D eigenvalue weighted by Crippen LogP contribution is -2.48. The number of hydrazine groups is 1. The van der Waals surface area contributed by atoms with Crippen LogP contribution in [0.2, 0.25) is 0 Å². The second kappa shape index (κ2) is 9.04. The van der Waals surface area contributed by atoms with Gasteiger partial charge in [0.05, 0.1) is 20.8 Å². The number of rotatable bonds is 6. The molecule has 0 spiro atoms. The number of methoxy groups -OCH3 is 2. The molecule has 0 unspecified atom stereocenters. The number of hydrogen-bond donors (Lipinski definition) is 3. The summed E-state index contributed by atoms with van der Waals surface area (Å²) in [6.07, 6.45) is 0. The second-order valence-corrected chi connectivity index (χ2v) is 5.26. The van der Waals surface area contributed by atoms with E-state index < -0.39 is 0 Å². The Morgan fingerprint density at radius 2 is 1.74 bits per heavy atom. The molecule has 23 heavy (non-hydrogen) atoms. The third kappa shape index (κ3) is 5.48. The summed E-state index contributed by atoms with van der Waals surface area (Å²) < 4.78 is 16.0. The number of hydrogen-bond acceptors (Lipinski definition) is 5. The SMILES string of the molecule is CCOc1c(OC)cc(C(=O)NNC(=S)NC(C)C)cc1OC. The van der Waals surface area contributed by atoms with Gasteiger partial charge in [0.2, 0.25) is 5.75 Å². The second-order valence-electron chi connectivity index (χ2n) is 4.85. The van der Waals surface area contributed by atoms with Crippen LogP contribution in [0.5, 0.6) is 17.2 Å². The molecule has 0 aliphatic heterocycles. The minimum atomic E-state index is -0.377. The maximum atomic E-state index is 12.2. The molecule has 1 rings (SSSR count). The van der Waals surface area contributed by atoms with E-state index in [0.717, 1.165) is 0 Å². The summed E-state index contributed by atoms with van der Waals surface area (Å²) >= 11 is 5.04. The Bertz CT molecular complexity index is 539.